The van der Waals surface area contributed by atoms with Gasteiger partial charge in [-0.05, 0) is 44.3 Å². The minimum atomic E-state index is -0.272. The lowest BCUT2D eigenvalue weighted by atomic mass is 10.2. The Bertz CT molecular complexity index is 367. The fraction of sp³-hybridized carbons (Fsp3) is 0.462. The number of carbonyl (C=O) groups excluding carboxylic acids is 1. The lowest BCUT2D eigenvalue weighted by Gasteiger charge is -2.15. The van der Waals surface area contributed by atoms with Crippen molar-refractivity contribution >= 4 is 5.91 Å². The molecule has 0 aromatic heterocycles. The summed E-state index contributed by atoms with van der Waals surface area (Å²) in [5, 5.41) is 2.79. The molecule has 1 amide bonds. The topological polar surface area (TPSA) is 58.4 Å². The van der Waals surface area contributed by atoms with Gasteiger partial charge < -0.3 is 11.1 Å². The average molecular weight is 253 g/mol. The zero-order chi connectivity index (χ0) is 13.4. The molecule has 0 aliphatic carbocycles. The predicted octanol–water partition coefficient (Wildman–Crippen LogP) is 0.723. The highest BCUT2D eigenvalue weighted by Crippen LogP contribution is 2.01. The highest BCUT2D eigenvalue weighted by Gasteiger charge is 2.05. The van der Waals surface area contributed by atoms with Gasteiger partial charge in [0.2, 0.25) is 5.91 Å². The Labute approximate surface area is 107 Å². The molecule has 0 unspecified atom stereocenters. The van der Waals surface area contributed by atoms with Gasteiger partial charge in [-0.3, -0.25) is 9.69 Å². The zero-order valence-electron chi connectivity index (χ0n) is 10.7. The van der Waals surface area contributed by atoms with E-state index in [0.29, 0.717) is 19.6 Å². The number of amides is 1. The number of carbonyl (C=O) groups is 1. The van der Waals surface area contributed by atoms with Crippen molar-refractivity contribution in [2.24, 2.45) is 5.73 Å². The SMILES string of the molecule is CN(CCCN)CC(=O)NCc1ccc(F)cc1. The predicted molar refractivity (Wildman–Crippen MR) is 69.4 cm³/mol. The molecule has 4 nitrogen and oxygen atoms in total. The second-order valence-electron chi connectivity index (χ2n) is 4.28. The largest absolute Gasteiger partial charge is 0.351 e. The van der Waals surface area contributed by atoms with Crippen molar-refractivity contribution in [3.63, 3.8) is 0 Å². The molecule has 100 valence electrons. The molecule has 0 radical (unpaired) electrons. The Balaban J connectivity index is 2.26. The third kappa shape index (κ3) is 5.75. The summed E-state index contributed by atoms with van der Waals surface area (Å²) in [6, 6.07) is 6.09. The first kappa shape index (κ1) is 14.6. The van der Waals surface area contributed by atoms with E-state index in [-0.39, 0.29) is 11.7 Å². The van der Waals surface area contributed by atoms with Gasteiger partial charge in [0.1, 0.15) is 5.82 Å². The lowest BCUT2D eigenvalue weighted by Crippen LogP contribution is -2.35. The van der Waals surface area contributed by atoms with Crippen LogP contribution in [0.3, 0.4) is 0 Å². The van der Waals surface area contributed by atoms with Gasteiger partial charge in [0.05, 0.1) is 6.54 Å². The maximum absolute atomic E-state index is 12.7. The van der Waals surface area contributed by atoms with Crippen LogP contribution >= 0.6 is 0 Å². The quantitative estimate of drug-likeness (QED) is 0.753. The van der Waals surface area contributed by atoms with E-state index in [1.165, 1.54) is 12.1 Å². The summed E-state index contributed by atoms with van der Waals surface area (Å²) in [4.78, 5) is 13.5. The van der Waals surface area contributed by atoms with E-state index >= 15 is 0 Å². The molecule has 1 aromatic carbocycles. The second kappa shape index (κ2) is 7.79. The fourth-order valence-corrected chi connectivity index (χ4v) is 1.54. The van der Waals surface area contributed by atoms with E-state index in [4.69, 9.17) is 5.73 Å². The lowest BCUT2D eigenvalue weighted by molar-refractivity contribution is -0.122. The van der Waals surface area contributed by atoms with E-state index in [2.05, 4.69) is 5.32 Å². The molecular weight excluding hydrogens is 233 g/mol. The van der Waals surface area contributed by atoms with Crippen LogP contribution in [0.5, 0.6) is 0 Å². The van der Waals surface area contributed by atoms with Gasteiger partial charge in [-0.15, -0.1) is 0 Å². The molecule has 0 aliphatic rings. The van der Waals surface area contributed by atoms with E-state index < -0.39 is 0 Å². The highest BCUT2D eigenvalue weighted by molar-refractivity contribution is 5.77. The summed E-state index contributed by atoms with van der Waals surface area (Å²) in [6.07, 6.45) is 0.877. The first-order valence-electron chi connectivity index (χ1n) is 6.01. The normalized spacial score (nSPS) is 10.7. The van der Waals surface area contributed by atoms with Crippen molar-refractivity contribution in [2.75, 3.05) is 26.7 Å². The molecule has 0 spiro atoms. The van der Waals surface area contributed by atoms with Crippen molar-refractivity contribution in [3.8, 4) is 0 Å². The molecule has 0 atom stereocenters. The van der Waals surface area contributed by atoms with Crippen LogP contribution in [0.25, 0.3) is 0 Å². The third-order valence-electron chi connectivity index (χ3n) is 2.56. The molecule has 18 heavy (non-hydrogen) atoms. The molecule has 1 aromatic rings. The van der Waals surface area contributed by atoms with Crippen molar-refractivity contribution in [1.82, 2.24) is 10.2 Å². The van der Waals surface area contributed by atoms with Gasteiger partial charge in [-0.25, -0.2) is 4.39 Å². The number of nitrogens with one attached hydrogen (secondary N) is 1. The van der Waals surface area contributed by atoms with Gasteiger partial charge in [0.15, 0.2) is 0 Å². The van der Waals surface area contributed by atoms with Crippen LogP contribution in [0.15, 0.2) is 24.3 Å². The molecule has 5 heteroatoms. The van der Waals surface area contributed by atoms with E-state index in [9.17, 15) is 9.18 Å². The smallest absolute Gasteiger partial charge is 0.234 e. The van der Waals surface area contributed by atoms with Gasteiger partial charge in [0, 0.05) is 6.54 Å². The molecular formula is C13H20FN3O. The highest BCUT2D eigenvalue weighted by atomic mass is 19.1. The molecule has 0 saturated carbocycles. The van der Waals surface area contributed by atoms with Crippen LogP contribution in [0.4, 0.5) is 4.39 Å². The summed E-state index contributed by atoms with van der Waals surface area (Å²) in [5.74, 6) is -0.314. The summed E-state index contributed by atoms with van der Waals surface area (Å²) in [6.45, 7) is 2.20. The first-order valence-corrected chi connectivity index (χ1v) is 6.01. The summed E-state index contributed by atoms with van der Waals surface area (Å²) in [7, 11) is 1.88. The zero-order valence-corrected chi connectivity index (χ0v) is 10.7. The van der Waals surface area contributed by atoms with Gasteiger partial charge in [0.25, 0.3) is 0 Å². The summed E-state index contributed by atoms with van der Waals surface area (Å²) in [5.41, 5.74) is 6.28. The molecule has 0 heterocycles. The van der Waals surface area contributed by atoms with Crippen LogP contribution in [0, 0.1) is 5.82 Å². The maximum atomic E-state index is 12.7. The molecule has 0 saturated heterocycles. The minimum Gasteiger partial charge on any atom is -0.351 e. The Morgan fingerprint density at radius 1 is 1.39 bits per heavy atom. The van der Waals surface area contributed by atoms with Crippen LogP contribution in [0.1, 0.15) is 12.0 Å². The van der Waals surface area contributed by atoms with Crippen LogP contribution in [-0.4, -0.2) is 37.5 Å². The fourth-order valence-electron chi connectivity index (χ4n) is 1.54. The Morgan fingerprint density at radius 2 is 2.06 bits per heavy atom. The number of hydrogen-bond acceptors (Lipinski definition) is 3. The maximum Gasteiger partial charge on any atom is 0.234 e. The van der Waals surface area contributed by atoms with Gasteiger partial charge in [-0.2, -0.15) is 0 Å². The number of halogens is 1. The van der Waals surface area contributed by atoms with Crippen LogP contribution in [-0.2, 0) is 11.3 Å². The van der Waals surface area contributed by atoms with Crippen molar-refractivity contribution in [1.29, 1.82) is 0 Å². The number of rotatable bonds is 7. The molecule has 1 rings (SSSR count). The number of nitrogens with two attached hydrogens (primary N) is 1. The Morgan fingerprint density at radius 3 is 2.67 bits per heavy atom. The van der Waals surface area contributed by atoms with Crippen LogP contribution < -0.4 is 11.1 Å². The van der Waals surface area contributed by atoms with E-state index in [1.54, 1.807) is 12.1 Å². The molecule has 0 bridgehead atoms. The van der Waals surface area contributed by atoms with Crippen LogP contribution in [0.2, 0.25) is 0 Å². The van der Waals surface area contributed by atoms with Crippen molar-refractivity contribution in [3.05, 3.63) is 35.6 Å². The summed E-state index contributed by atoms with van der Waals surface area (Å²) >= 11 is 0. The van der Waals surface area contributed by atoms with E-state index in [0.717, 1.165) is 18.5 Å². The number of hydrogen-bond donors (Lipinski definition) is 2. The molecule has 0 fully saturated rings. The third-order valence-corrected chi connectivity index (χ3v) is 2.56. The van der Waals surface area contributed by atoms with E-state index in [1.807, 2.05) is 11.9 Å². The minimum absolute atomic E-state index is 0.0427. The van der Waals surface area contributed by atoms with Crippen molar-refractivity contribution in [2.45, 2.75) is 13.0 Å². The Hall–Kier alpha value is -1.46. The average Bonchev–Trinajstić information content (AvgIpc) is 2.35. The summed E-state index contributed by atoms with van der Waals surface area (Å²) < 4.78 is 12.7. The Kier molecular flexibility index (Phi) is 6.32. The van der Waals surface area contributed by atoms with Gasteiger partial charge in [-0.1, -0.05) is 12.1 Å². The van der Waals surface area contributed by atoms with Gasteiger partial charge >= 0.3 is 0 Å². The molecule has 3 N–H and O–H groups in total. The monoisotopic (exact) mass is 253 g/mol. The number of nitrogens with zero attached hydrogens (tertiary/aromatic N) is 1. The van der Waals surface area contributed by atoms with Crippen molar-refractivity contribution < 1.29 is 9.18 Å². The number of likely N-dealkylation sites (N-methyl/N-ethyl adjacent to an activating group) is 1. The number of benzene rings is 1. The standard InChI is InChI=1S/C13H20FN3O/c1-17(8-2-7-15)10-13(18)16-9-11-3-5-12(14)6-4-11/h3-6H,2,7-10,15H2,1H3,(H,16,18). The second-order valence-corrected chi connectivity index (χ2v) is 4.28. The molecule has 0 aliphatic heterocycles. The first-order chi connectivity index (χ1) is 8.61.